The summed E-state index contributed by atoms with van der Waals surface area (Å²) < 4.78 is 1.75. The van der Waals surface area contributed by atoms with E-state index in [1.165, 1.54) is 32.1 Å². The minimum atomic E-state index is 0.421. The van der Waals surface area contributed by atoms with Crippen LogP contribution in [-0.4, -0.2) is 51.4 Å². The Bertz CT molecular complexity index is 709. The lowest BCUT2D eigenvalue weighted by Gasteiger charge is -2.17. The number of anilines is 1. The summed E-state index contributed by atoms with van der Waals surface area (Å²) in [7, 11) is 1.88. The summed E-state index contributed by atoms with van der Waals surface area (Å²) in [6, 6.07) is 0.421. The van der Waals surface area contributed by atoms with Gasteiger partial charge in [-0.2, -0.15) is 5.10 Å². The Morgan fingerprint density at radius 2 is 2.07 bits per heavy atom. The van der Waals surface area contributed by atoms with Crippen molar-refractivity contribution in [3.63, 3.8) is 0 Å². The van der Waals surface area contributed by atoms with E-state index in [4.69, 9.17) is 0 Å². The molecule has 0 saturated carbocycles. The van der Waals surface area contributed by atoms with E-state index in [-0.39, 0.29) is 0 Å². The fourth-order valence-corrected chi connectivity index (χ4v) is 2.95. The first-order valence-corrected chi connectivity index (χ1v) is 10.1. The van der Waals surface area contributed by atoms with E-state index in [2.05, 4.69) is 56.8 Å². The second-order valence-electron chi connectivity index (χ2n) is 6.81. The van der Waals surface area contributed by atoms with Crippen LogP contribution in [0.25, 0.3) is 11.0 Å². The van der Waals surface area contributed by atoms with Crippen molar-refractivity contribution in [1.29, 1.82) is 0 Å². The van der Waals surface area contributed by atoms with Crippen molar-refractivity contribution in [3.05, 3.63) is 12.5 Å². The van der Waals surface area contributed by atoms with E-state index in [0.29, 0.717) is 19.1 Å². The highest BCUT2D eigenvalue weighted by atomic mass is 15.3. The van der Waals surface area contributed by atoms with Gasteiger partial charge in [0, 0.05) is 26.2 Å². The maximum Gasteiger partial charge on any atom is 0.191 e. The number of rotatable bonds is 11. The van der Waals surface area contributed by atoms with Crippen LogP contribution >= 0.6 is 0 Å². The first kappa shape index (κ1) is 20.9. The van der Waals surface area contributed by atoms with E-state index >= 15 is 0 Å². The number of hydrogen-bond acceptors (Lipinski definition) is 5. The minimum Gasteiger partial charge on any atom is -0.367 e. The molecular weight excluding hydrogens is 340 g/mol. The molecule has 2 rings (SSSR count). The highest BCUT2D eigenvalue weighted by Gasteiger charge is 2.07. The third kappa shape index (κ3) is 6.69. The summed E-state index contributed by atoms with van der Waals surface area (Å²) >= 11 is 0. The average Bonchev–Trinajstić information content (AvgIpc) is 3.04. The van der Waals surface area contributed by atoms with Crippen LogP contribution in [0.1, 0.15) is 52.9 Å². The maximum atomic E-state index is 4.67. The number of unbranched alkanes of at least 4 members (excludes halogenated alkanes) is 3. The monoisotopic (exact) mass is 374 g/mol. The smallest absolute Gasteiger partial charge is 0.191 e. The van der Waals surface area contributed by atoms with Gasteiger partial charge in [-0.05, 0) is 20.3 Å². The van der Waals surface area contributed by atoms with E-state index in [0.717, 1.165) is 29.4 Å². The maximum absolute atomic E-state index is 4.67. The van der Waals surface area contributed by atoms with Gasteiger partial charge in [0.1, 0.15) is 12.1 Å². The summed E-state index contributed by atoms with van der Waals surface area (Å²) in [6.45, 7) is 8.75. The number of aryl methyl sites for hydroxylation is 1. The molecule has 0 saturated heterocycles. The Morgan fingerprint density at radius 1 is 1.22 bits per heavy atom. The fraction of sp³-hybridized carbons (Fsp3) is 0.684. The molecule has 8 nitrogen and oxygen atoms in total. The van der Waals surface area contributed by atoms with Crippen molar-refractivity contribution in [3.8, 4) is 0 Å². The van der Waals surface area contributed by atoms with E-state index in [1.54, 1.807) is 17.2 Å². The van der Waals surface area contributed by atoms with Crippen LogP contribution in [0.5, 0.6) is 0 Å². The predicted molar refractivity (Wildman–Crippen MR) is 112 cm³/mol. The van der Waals surface area contributed by atoms with Crippen LogP contribution in [-0.2, 0) is 7.05 Å². The Hall–Kier alpha value is -2.38. The Kier molecular flexibility index (Phi) is 8.80. The molecule has 0 aliphatic rings. The zero-order valence-corrected chi connectivity index (χ0v) is 17.1. The van der Waals surface area contributed by atoms with E-state index < -0.39 is 0 Å². The number of aromatic nitrogens is 4. The number of fused-ring (bicyclic) bond motifs is 1. The third-order valence-corrected chi connectivity index (χ3v) is 4.42. The number of guanidine groups is 1. The van der Waals surface area contributed by atoms with Gasteiger partial charge in [-0.1, -0.05) is 32.6 Å². The molecule has 1 atom stereocenters. The van der Waals surface area contributed by atoms with Gasteiger partial charge in [0.15, 0.2) is 11.6 Å². The molecule has 0 aliphatic heterocycles. The van der Waals surface area contributed by atoms with Gasteiger partial charge in [-0.25, -0.2) is 9.97 Å². The molecule has 8 heteroatoms. The van der Waals surface area contributed by atoms with Gasteiger partial charge in [0.25, 0.3) is 0 Å². The van der Waals surface area contributed by atoms with Gasteiger partial charge < -0.3 is 16.0 Å². The highest BCUT2D eigenvalue weighted by Crippen LogP contribution is 2.17. The first-order valence-electron chi connectivity index (χ1n) is 10.1. The van der Waals surface area contributed by atoms with E-state index in [1.807, 2.05) is 7.05 Å². The van der Waals surface area contributed by atoms with Crippen molar-refractivity contribution in [2.24, 2.45) is 12.0 Å². The summed E-state index contributed by atoms with van der Waals surface area (Å²) in [4.78, 5) is 13.2. The summed E-state index contributed by atoms with van der Waals surface area (Å²) in [5.41, 5.74) is 0.822. The van der Waals surface area contributed by atoms with Gasteiger partial charge in [0.2, 0.25) is 0 Å². The lowest BCUT2D eigenvalue weighted by atomic mass is 10.1. The van der Waals surface area contributed by atoms with Crippen LogP contribution in [0.4, 0.5) is 5.82 Å². The molecule has 2 heterocycles. The first-order chi connectivity index (χ1) is 13.2. The van der Waals surface area contributed by atoms with E-state index in [9.17, 15) is 0 Å². The molecule has 150 valence electrons. The highest BCUT2D eigenvalue weighted by molar-refractivity contribution is 5.86. The molecule has 0 bridgehead atoms. The normalized spacial score (nSPS) is 13.0. The van der Waals surface area contributed by atoms with Gasteiger partial charge >= 0.3 is 0 Å². The lowest BCUT2D eigenvalue weighted by molar-refractivity contribution is 0.537. The molecule has 27 heavy (non-hydrogen) atoms. The second-order valence-corrected chi connectivity index (χ2v) is 6.81. The average molecular weight is 375 g/mol. The van der Waals surface area contributed by atoms with Crippen LogP contribution in [0.2, 0.25) is 0 Å². The minimum absolute atomic E-state index is 0.421. The molecule has 0 amide bonds. The van der Waals surface area contributed by atoms with Crippen molar-refractivity contribution in [2.75, 3.05) is 25.0 Å². The van der Waals surface area contributed by atoms with Crippen LogP contribution < -0.4 is 16.0 Å². The Balaban J connectivity index is 1.81. The topological polar surface area (TPSA) is 92.1 Å². The molecule has 0 fully saturated rings. The van der Waals surface area contributed by atoms with Crippen LogP contribution in [0, 0.1) is 0 Å². The molecule has 0 spiro atoms. The fourth-order valence-electron chi connectivity index (χ4n) is 2.95. The number of nitrogens with zero attached hydrogens (tertiary/aromatic N) is 5. The number of hydrogen-bond donors (Lipinski definition) is 3. The SMILES string of the molecule is CCCCCCC(C)NC(=NCCNc1ncnc2c1cnn2C)NCC. The molecule has 1 unspecified atom stereocenters. The van der Waals surface area contributed by atoms with Crippen LogP contribution in [0.15, 0.2) is 17.5 Å². The molecule has 0 radical (unpaired) electrons. The summed E-state index contributed by atoms with van der Waals surface area (Å²) in [5, 5.41) is 15.3. The van der Waals surface area contributed by atoms with Crippen molar-refractivity contribution in [2.45, 2.75) is 58.9 Å². The van der Waals surface area contributed by atoms with Gasteiger partial charge in [0.05, 0.1) is 18.1 Å². The molecule has 0 aromatic carbocycles. The van der Waals surface area contributed by atoms with Crippen molar-refractivity contribution < 1.29 is 0 Å². The molecule has 0 aliphatic carbocycles. The molecule has 3 N–H and O–H groups in total. The quantitative estimate of drug-likeness (QED) is 0.318. The molecule has 2 aromatic rings. The number of nitrogens with one attached hydrogen (secondary N) is 3. The number of aliphatic imine (C=N–C) groups is 1. The van der Waals surface area contributed by atoms with Gasteiger partial charge in [-0.15, -0.1) is 0 Å². The Morgan fingerprint density at radius 3 is 2.85 bits per heavy atom. The Labute approximate surface area is 162 Å². The molecule has 2 aromatic heterocycles. The predicted octanol–water partition coefficient (Wildman–Crippen LogP) is 2.69. The van der Waals surface area contributed by atoms with Crippen LogP contribution in [0.3, 0.4) is 0 Å². The van der Waals surface area contributed by atoms with Crippen molar-refractivity contribution >= 4 is 22.8 Å². The zero-order chi connectivity index (χ0) is 19.5. The van der Waals surface area contributed by atoms with Gasteiger partial charge in [-0.3, -0.25) is 9.67 Å². The zero-order valence-electron chi connectivity index (χ0n) is 17.1. The third-order valence-electron chi connectivity index (χ3n) is 4.42. The largest absolute Gasteiger partial charge is 0.367 e. The van der Waals surface area contributed by atoms with Crippen molar-refractivity contribution in [1.82, 2.24) is 30.4 Å². The summed E-state index contributed by atoms with van der Waals surface area (Å²) in [5.74, 6) is 1.67. The standard InChI is InChI=1S/C19H34N8/c1-5-7-8-9-10-15(3)26-19(20-6-2)22-12-11-21-17-16-13-25-27(4)18(16)24-14-23-17/h13-15H,5-12H2,1-4H3,(H2,20,22,26)(H,21,23,24). The molecular formula is C19H34N8. The second kappa shape index (κ2) is 11.4. The lowest BCUT2D eigenvalue weighted by Crippen LogP contribution is -2.42. The summed E-state index contributed by atoms with van der Waals surface area (Å²) in [6.07, 6.45) is 9.67.